The number of nitrogens with zero attached hydrogens (tertiary/aromatic N) is 5. The fourth-order valence-electron chi connectivity index (χ4n) is 7.43. The maximum Gasteiger partial charge on any atom is 0.254 e. The molecule has 2 aromatic carbocycles. The first kappa shape index (κ1) is 29.8. The Morgan fingerprint density at radius 3 is 2.49 bits per heavy atom. The van der Waals surface area contributed by atoms with E-state index >= 15 is 0 Å². The summed E-state index contributed by atoms with van der Waals surface area (Å²) in [4.78, 5) is 35.3. The number of hydrogen-bond donors (Lipinski definition) is 1. The van der Waals surface area contributed by atoms with Gasteiger partial charge in [0.05, 0.1) is 23.8 Å². The second-order valence-corrected chi connectivity index (χ2v) is 14.0. The summed E-state index contributed by atoms with van der Waals surface area (Å²) in [6, 6.07) is 12.5. The predicted octanol–water partition coefficient (Wildman–Crippen LogP) is 5.57. The van der Waals surface area contributed by atoms with Gasteiger partial charge >= 0.3 is 0 Å². The van der Waals surface area contributed by atoms with Crippen LogP contribution in [0.1, 0.15) is 74.7 Å². The summed E-state index contributed by atoms with van der Waals surface area (Å²) in [6.45, 7) is 9.01. The van der Waals surface area contributed by atoms with Crippen molar-refractivity contribution < 1.29 is 19.4 Å². The van der Waals surface area contributed by atoms with Gasteiger partial charge in [-0.2, -0.15) is 0 Å². The number of carbonyl (C=O) groups excluding carboxylic acids is 2. The lowest BCUT2D eigenvalue weighted by Crippen LogP contribution is -2.55. The molecule has 1 N–H and O–H groups in total. The van der Waals surface area contributed by atoms with Crippen molar-refractivity contribution in [1.29, 1.82) is 0 Å². The fourth-order valence-corrected chi connectivity index (χ4v) is 7.43. The summed E-state index contributed by atoms with van der Waals surface area (Å²) in [5.41, 5.74) is 4.36. The highest BCUT2D eigenvalue weighted by Gasteiger charge is 2.39. The fraction of sp³-hybridized carbons (Fsp3) is 0.528. The monoisotopic (exact) mass is 611 g/mol. The third kappa shape index (κ3) is 5.29. The van der Waals surface area contributed by atoms with Crippen LogP contribution < -0.4 is 4.74 Å². The standard InChI is InChI=1S/C36H45N5O4/c1-6-22-9-8-14-39(18-22)34(42)25-15-28-32(30(17-25)45-5)38(4)33(37-28)29-16-24-10-7-11-27(31(24)41(29)19-23-12-13-23)26-20-40(21-26)35(43)36(2,3)44/h7,10-11,15-17,22-23,26,44H,6,8-9,12-14,18-21H2,1-5H3/t22-/m1/s1. The number of rotatable bonds is 8. The second kappa shape index (κ2) is 11.2. The first-order chi connectivity index (χ1) is 21.6. The molecule has 9 heteroatoms. The third-order valence-electron chi connectivity index (χ3n) is 10.2. The number of aryl methyl sites for hydroxylation is 1. The number of imidazole rings is 1. The number of para-hydroxylation sites is 1. The molecule has 3 aliphatic rings. The molecule has 4 aromatic rings. The van der Waals surface area contributed by atoms with Gasteiger partial charge in [0.1, 0.15) is 16.9 Å². The van der Waals surface area contributed by atoms with Gasteiger partial charge < -0.3 is 28.8 Å². The Morgan fingerprint density at radius 2 is 1.80 bits per heavy atom. The molecule has 1 atom stereocenters. The SMILES string of the molecule is CC[C@@H]1CCCN(C(=O)c2cc(OC)c3c(c2)nc(-c2cc4cccc(C5CN(C(=O)C(C)(C)O)C5)c4n2CC2CC2)n3C)C1. The zero-order chi connectivity index (χ0) is 31.6. The highest BCUT2D eigenvalue weighted by molar-refractivity contribution is 6.00. The molecule has 0 radical (unpaired) electrons. The molecule has 9 nitrogen and oxygen atoms in total. The summed E-state index contributed by atoms with van der Waals surface area (Å²) in [6.07, 6.45) is 5.75. The number of aliphatic hydroxyl groups is 1. The second-order valence-electron chi connectivity index (χ2n) is 14.0. The Kier molecular flexibility index (Phi) is 7.42. The minimum Gasteiger partial charge on any atom is -0.494 e. The van der Waals surface area contributed by atoms with Crippen LogP contribution in [0.15, 0.2) is 36.4 Å². The summed E-state index contributed by atoms with van der Waals surface area (Å²) in [5.74, 6) is 2.70. The van der Waals surface area contributed by atoms with Crippen LogP contribution in [-0.2, 0) is 18.4 Å². The molecule has 3 fully saturated rings. The quantitative estimate of drug-likeness (QED) is 0.281. The van der Waals surface area contributed by atoms with E-state index in [0.29, 0.717) is 36.2 Å². The molecule has 45 heavy (non-hydrogen) atoms. The Hall–Kier alpha value is -3.85. The first-order valence-corrected chi connectivity index (χ1v) is 16.5. The molecule has 2 saturated heterocycles. The summed E-state index contributed by atoms with van der Waals surface area (Å²) < 4.78 is 10.4. The number of carbonyl (C=O) groups is 2. The van der Waals surface area contributed by atoms with Crippen molar-refractivity contribution in [2.24, 2.45) is 18.9 Å². The smallest absolute Gasteiger partial charge is 0.254 e. The van der Waals surface area contributed by atoms with Crippen LogP contribution in [0.5, 0.6) is 5.75 Å². The summed E-state index contributed by atoms with van der Waals surface area (Å²) >= 11 is 0. The van der Waals surface area contributed by atoms with Gasteiger partial charge in [-0.1, -0.05) is 31.5 Å². The number of piperidine rings is 1. The molecule has 0 unspecified atom stereocenters. The zero-order valence-electron chi connectivity index (χ0n) is 27.2. The van der Waals surface area contributed by atoms with Gasteiger partial charge in [-0.05, 0) is 75.1 Å². The Bertz CT molecular complexity index is 1790. The van der Waals surface area contributed by atoms with Crippen molar-refractivity contribution in [2.45, 2.75) is 70.9 Å². The van der Waals surface area contributed by atoms with Gasteiger partial charge in [-0.15, -0.1) is 0 Å². The zero-order valence-corrected chi connectivity index (χ0v) is 27.2. The lowest BCUT2D eigenvalue weighted by atomic mass is 9.88. The topological polar surface area (TPSA) is 92.8 Å². The van der Waals surface area contributed by atoms with Gasteiger partial charge in [0.25, 0.3) is 11.8 Å². The maximum absolute atomic E-state index is 13.7. The van der Waals surface area contributed by atoms with Crippen LogP contribution >= 0.6 is 0 Å². The van der Waals surface area contributed by atoms with Crippen LogP contribution in [0.2, 0.25) is 0 Å². The lowest BCUT2D eigenvalue weighted by Gasteiger charge is -2.42. The number of likely N-dealkylation sites (tertiary alicyclic amines) is 2. The third-order valence-corrected chi connectivity index (χ3v) is 10.2. The van der Waals surface area contributed by atoms with E-state index in [0.717, 1.165) is 60.4 Å². The molecule has 2 aromatic heterocycles. The minimum atomic E-state index is -1.37. The largest absolute Gasteiger partial charge is 0.494 e. The average molecular weight is 612 g/mol. The lowest BCUT2D eigenvalue weighted by molar-refractivity contribution is -0.152. The molecular weight excluding hydrogens is 566 g/mol. The van der Waals surface area contributed by atoms with Crippen molar-refractivity contribution >= 4 is 33.8 Å². The molecule has 238 valence electrons. The molecule has 0 spiro atoms. The van der Waals surface area contributed by atoms with Crippen LogP contribution in [0.4, 0.5) is 0 Å². The molecule has 7 rings (SSSR count). The van der Waals surface area contributed by atoms with Crippen LogP contribution in [0, 0.1) is 11.8 Å². The normalized spacial score (nSPS) is 19.4. The van der Waals surface area contributed by atoms with Gasteiger partial charge in [0.2, 0.25) is 0 Å². The Labute approximate surface area is 264 Å². The van der Waals surface area contributed by atoms with E-state index in [4.69, 9.17) is 9.72 Å². The number of amides is 2. The highest BCUT2D eigenvalue weighted by atomic mass is 16.5. The predicted molar refractivity (Wildman–Crippen MR) is 175 cm³/mol. The van der Waals surface area contributed by atoms with E-state index < -0.39 is 5.60 Å². The number of aromatic nitrogens is 3. The minimum absolute atomic E-state index is 0.0469. The van der Waals surface area contributed by atoms with Crippen molar-refractivity contribution in [3.63, 3.8) is 0 Å². The van der Waals surface area contributed by atoms with E-state index in [9.17, 15) is 14.7 Å². The van der Waals surface area contributed by atoms with E-state index in [1.54, 1.807) is 25.9 Å². The van der Waals surface area contributed by atoms with E-state index in [1.165, 1.54) is 30.3 Å². The molecule has 2 amide bonds. The first-order valence-electron chi connectivity index (χ1n) is 16.5. The molecule has 2 aliphatic heterocycles. The Morgan fingerprint density at radius 1 is 1.02 bits per heavy atom. The van der Waals surface area contributed by atoms with Gasteiger partial charge in [0.15, 0.2) is 5.82 Å². The number of methoxy groups -OCH3 is 1. The van der Waals surface area contributed by atoms with Crippen molar-refractivity contribution in [1.82, 2.24) is 23.9 Å². The molecular formula is C36H45N5O4. The van der Waals surface area contributed by atoms with Crippen LogP contribution in [-0.4, -0.2) is 79.7 Å². The molecule has 4 heterocycles. The van der Waals surface area contributed by atoms with E-state index in [-0.39, 0.29) is 17.7 Å². The number of ether oxygens (including phenoxy) is 1. The number of benzene rings is 2. The average Bonchev–Trinajstić information content (AvgIpc) is 3.67. The highest BCUT2D eigenvalue weighted by Crippen LogP contribution is 2.41. The van der Waals surface area contributed by atoms with Crippen molar-refractivity contribution in [3.8, 4) is 17.3 Å². The van der Waals surface area contributed by atoms with Gasteiger partial charge in [-0.25, -0.2) is 4.98 Å². The van der Waals surface area contributed by atoms with Crippen molar-refractivity contribution in [3.05, 3.63) is 47.5 Å². The van der Waals surface area contributed by atoms with E-state index in [1.807, 2.05) is 24.1 Å². The Balaban J connectivity index is 1.29. The van der Waals surface area contributed by atoms with Crippen molar-refractivity contribution in [2.75, 3.05) is 33.3 Å². The van der Waals surface area contributed by atoms with Gasteiger partial charge in [0, 0.05) is 56.6 Å². The van der Waals surface area contributed by atoms with Crippen LogP contribution in [0.25, 0.3) is 33.5 Å². The molecule has 1 saturated carbocycles. The van der Waals surface area contributed by atoms with E-state index in [2.05, 4.69) is 40.3 Å². The molecule has 1 aliphatic carbocycles. The number of fused-ring (bicyclic) bond motifs is 2. The summed E-state index contributed by atoms with van der Waals surface area (Å²) in [7, 11) is 3.68. The number of hydrogen-bond acceptors (Lipinski definition) is 5. The molecule has 0 bridgehead atoms. The maximum atomic E-state index is 13.7. The summed E-state index contributed by atoms with van der Waals surface area (Å²) in [5, 5.41) is 11.4. The van der Waals surface area contributed by atoms with Crippen LogP contribution in [0.3, 0.4) is 0 Å². The van der Waals surface area contributed by atoms with Gasteiger partial charge in [-0.3, -0.25) is 9.59 Å².